The molecule has 8 nitrogen and oxygen atoms in total. The van der Waals surface area contributed by atoms with E-state index in [1.807, 2.05) is 6.07 Å². The molecule has 0 saturated heterocycles. The van der Waals surface area contributed by atoms with Gasteiger partial charge in [0.25, 0.3) is 0 Å². The van der Waals surface area contributed by atoms with E-state index in [4.69, 9.17) is 18.7 Å². The lowest BCUT2D eigenvalue weighted by atomic mass is 9.51. The molecule has 0 saturated carbocycles. The lowest BCUT2D eigenvalue weighted by molar-refractivity contribution is -0.149. The first-order valence-corrected chi connectivity index (χ1v) is 16.6. The highest BCUT2D eigenvalue weighted by molar-refractivity contribution is 7.74. The van der Waals surface area contributed by atoms with Crippen LogP contribution in [0.5, 0.6) is 11.5 Å². The van der Waals surface area contributed by atoms with Crippen LogP contribution in [0.4, 0.5) is 4.79 Å². The highest BCUT2D eigenvalue weighted by Gasteiger charge is 2.47. The summed E-state index contributed by atoms with van der Waals surface area (Å²) >= 11 is 0. The number of hydrogen-bond acceptors (Lipinski definition) is 7. The van der Waals surface area contributed by atoms with Crippen molar-refractivity contribution in [2.45, 2.75) is 116 Å². The zero-order valence-electron chi connectivity index (χ0n) is 26.6. The minimum absolute atomic E-state index is 0.00681. The average Bonchev–Trinajstić information content (AvgIpc) is 2.86. The van der Waals surface area contributed by atoms with Crippen LogP contribution < -0.4 is 14.3 Å². The summed E-state index contributed by atoms with van der Waals surface area (Å²) < 4.78 is 37.7. The monoisotopic (exact) mass is 587 g/mol. The van der Waals surface area contributed by atoms with Crippen LogP contribution in [0.3, 0.4) is 0 Å². The maximum Gasteiger partial charge on any atom is 0.424 e. The van der Waals surface area contributed by atoms with Gasteiger partial charge < -0.3 is 18.7 Å². The Morgan fingerprint density at radius 3 is 2.51 bits per heavy atom. The topological polar surface area (TPSA) is 100 Å². The number of esters is 1. The molecular formula is C30H48B2NO7P. The molecule has 1 aromatic carbocycles. The van der Waals surface area contributed by atoms with E-state index in [-0.39, 0.29) is 29.8 Å². The van der Waals surface area contributed by atoms with Crippen LogP contribution in [0, 0.1) is 5.92 Å². The van der Waals surface area contributed by atoms with Gasteiger partial charge in [0, 0.05) is 17.4 Å². The summed E-state index contributed by atoms with van der Waals surface area (Å²) in [7, 11) is 0.0619. The minimum atomic E-state index is -4.41. The molecule has 3 rings (SSSR count). The standard InChI is InChI=1S/C30H48B2NO7P/c1-9-30(31,32)14-13-21-16-24-26(22-15-19(5)11-12-23(22)29(7,8)39-24)25(17-21)40-41(36,28(35)37-10-2)33-20(6)27(34)38-18(3)4/h15-18,20,22-23H,9-14,31-32H2,1-8H3,(H,33,36). The van der Waals surface area contributed by atoms with Crippen molar-refractivity contribution in [2.75, 3.05) is 6.61 Å². The van der Waals surface area contributed by atoms with Gasteiger partial charge in [0.05, 0.1) is 28.4 Å². The molecule has 0 radical (unpaired) electrons. The van der Waals surface area contributed by atoms with Crippen LogP contribution in [0.25, 0.3) is 0 Å². The van der Waals surface area contributed by atoms with Crippen molar-refractivity contribution in [1.82, 2.24) is 5.09 Å². The third-order valence-electron chi connectivity index (χ3n) is 8.36. The summed E-state index contributed by atoms with van der Waals surface area (Å²) in [6.45, 7) is 15.1. The summed E-state index contributed by atoms with van der Waals surface area (Å²) in [5, 5.41) is 2.79. The number of nitrogens with one attached hydrogen (secondary N) is 1. The third-order valence-corrected chi connectivity index (χ3v) is 10.2. The Labute approximate surface area is 248 Å². The molecule has 1 aromatic rings. The van der Waals surface area contributed by atoms with E-state index < -0.39 is 30.8 Å². The van der Waals surface area contributed by atoms with E-state index in [2.05, 4.69) is 60.6 Å². The van der Waals surface area contributed by atoms with E-state index in [1.165, 1.54) is 12.5 Å². The molecule has 0 amide bonds. The van der Waals surface area contributed by atoms with Crippen LogP contribution in [-0.2, 0) is 25.3 Å². The van der Waals surface area contributed by atoms with Gasteiger partial charge in [-0.1, -0.05) is 36.6 Å². The predicted molar refractivity (Wildman–Crippen MR) is 168 cm³/mol. The summed E-state index contributed by atoms with van der Waals surface area (Å²) in [5.74, 6) is 0.475. The van der Waals surface area contributed by atoms with Gasteiger partial charge in [0.2, 0.25) is 0 Å². The number of aryl methyl sites for hydroxylation is 1. The SMILES string of the molecule is BC(B)(CC)CCc1cc2c(c(OP(=O)(NC(C)C(=O)OC(C)C)C(=O)OCC)c1)C1C=C(C)CCC1C(C)(C)O2. The number of carbonyl (C=O) groups is 2. The second-order valence-electron chi connectivity index (χ2n) is 13.1. The molecule has 0 bridgehead atoms. The molecule has 1 heterocycles. The first kappa shape index (κ1) is 33.3. The van der Waals surface area contributed by atoms with Gasteiger partial charge in [-0.2, -0.15) is 0 Å². The zero-order chi connectivity index (χ0) is 30.8. The van der Waals surface area contributed by atoms with Crippen LogP contribution in [0.15, 0.2) is 23.8 Å². The number of rotatable bonds is 12. The van der Waals surface area contributed by atoms with Gasteiger partial charge in [-0.05, 0) is 85.4 Å². The Bertz CT molecular complexity index is 1210. The largest absolute Gasteiger partial charge is 0.487 e. The molecule has 11 heteroatoms. The van der Waals surface area contributed by atoms with Gasteiger partial charge in [0.1, 0.15) is 23.1 Å². The highest BCUT2D eigenvalue weighted by Crippen LogP contribution is 2.57. The van der Waals surface area contributed by atoms with Crippen molar-refractivity contribution in [3.63, 3.8) is 0 Å². The fourth-order valence-corrected chi connectivity index (χ4v) is 7.12. The van der Waals surface area contributed by atoms with Gasteiger partial charge >= 0.3 is 19.2 Å². The third kappa shape index (κ3) is 8.01. The smallest absolute Gasteiger partial charge is 0.424 e. The van der Waals surface area contributed by atoms with E-state index in [0.29, 0.717) is 11.5 Å². The second-order valence-corrected chi connectivity index (χ2v) is 15.0. The molecule has 41 heavy (non-hydrogen) atoms. The van der Waals surface area contributed by atoms with E-state index in [1.54, 1.807) is 20.8 Å². The van der Waals surface area contributed by atoms with E-state index in [9.17, 15) is 14.2 Å². The van der Waals surface area contributed by atoms with Crippen LogP contribution in [0.2, 0.25) is 5.21 Å². The van der Waals surface area contributed by atoms with Gasteiger partial charge in [-0.3, -0.25) is 4.79 Å². The molecule has 1 aliphatic carbocycles. The second kappa shape index (κ2) is 13.0. The Kier molecular flexibility index (Phi) is 10.6. The quantitative estimate of drug-likeness (QED) is 0.144. The molecule has 1 N–H and O–H groups in total. The summed E-state index contributed by atoms with van der Waals surface area (Å²) in [5.41, 5.74) is 1.54. The van der Waals surface area contributed by atoms with Gasteiger partial charge in [-0.25, -0.2) is 14.4 Å². The molecular weight excluding hydrogens is 539 g/mol. The lowest BCUT2D eigenvalue weighted by Crippen LogP contribution is -2.45. The van der Waals surface area contributed by atoms with Crippen LogP contribution in [-0.4, -0.2) is 51.7 Å². The summed E-state index contributed by atoms with van der Waals surface area (Å²) in [6.07, 6.45) is 6.51. The van der Waals surface area contributed by atoms with Crippen molar-refractivity contribution in [2.24, 2.45) is 5.92 Å². The molecule has 0 aromatic heterocycles. The Balaban J connectivity index is 2.14. The highest BCUT2D eigenvalue weighted by atomic mass is 31.2. The number of hydrogen-bond donors (Lipinski definition) is 1. The van der Waals surface area contributed by atoms with E-state index in [0.717, 1.165) is 43.2 Å². The number of ether oxygens (including phenoxy) is 3. The van der Waals surface area contributed by atoms with Crippen molar-refractivity contribution in [1.29, 1.82) is 0 Å². The summed E-state index contributed by atoms with van der Waals surface area (Å²) in [6, 6.07) is 2.87. The normalized spacial score (nSPS) is 21.8. The Morgan fingerprint density at radius 1 is 1.22 bits per heavy atom. The molecule has 2 aliphatic rings. The number of carbonyl (C=O) groups excluding carboxylic acids is 2. The van der Waals surface area contributed by atoms with Crippen molar-refractivity contribution < 1.29 is 32.9 Å². The Morgan fingerprint density at radius 2 is 1.90 bits per heavy atom. The number of benzene rings is 1. The van der Waals surface area contributed by atoms with Crippen molar-refractivity contribution >= 4 is 34.9 Å². The number of allylic oxidation sites excluding steroid dienone is 2. The maximum atomic E-state index is 14.3. The fourth-order valence-electron chi connectivity index (χ4n) is 5.55. The molecule has 0 spiro atoms. The Hall–Kier alpha value is -2.18. The number of fused-ring (bicyclic) bond motifs is 3. The predicted octanol–water partition coefficient (Wildman–Crippen LogP) is 5.68. The first-order chi connectivity index (χ1) is 19.0. The first-order valence-electron chi connectivity index (χ1n) is 15.0. The molecule has 0 fully saturated rings. The lowest BCUT2D eigenvalue weighted by Gasteiger charge is -2.47. The van der Waals surface area contributed by atoms with Gasteiger partial charge in [0.15, 0.2) is 0 Å². The van der Waals surface area contributed by atoms with E-state index >= 15 is 0 Å². The minimum Gasteiger partial charge on any atom is -0.487 e. The van der Waals surface area contributed by atoms with Gasteiger partial charge in [-0.15, -0.1) is 0 Å². The van der Waals surface area contributed by atoms with Crippen molar-refractivity contribution in [3.05, 3.63) is 34.9 Å². The zero-order valence-corrected chi connectivity index (χ0v) is 27.5. The summed E-state index contributed by atoms with van der Waals surface area (Å²) in [4.78, 5) is 25.8. The fraction of sp³-hybridized carbons (Fsp3) is 0.667. The molecule has 226 valence electrons. The van der Waals surface area contributed by atoms with Crippen molar-refractivity contribution in [3.8, 4) is 11.5 Å². The molecule has 4 atom stereocenters. The maximum absolute atomic E-state index is 14.3. The average molecular weight is 587 g/mol. The molecule has 4 unspecified atom stereocenters. The van der Waals surface area contributed by atoms with Crippen LogP contribution in [0.1, 0.15) is 98.1 Å². The van der Waals surface area contributed by atoms with Crippen LogP contribution >= 0.6 is 7.52 Å². The molecule has 1 aliphatic heterocycles.